The minimum Gasteiger partial charge on any atom is -0.490 e. The second kappa shape index (κ2) is 7.25. The number of carbonyl (C=O) groups excluding carboxylic acids is 1. The zero-order valence-corrected chi connectivity index (χ0v) is 11.7. The summed E-state index contributed by atoms with van der Waals surface area (Å²) in [5.41, 5.74) is 2.15. The maximum absolute atomic E-state index is 11.2. The van der Waals surface area contributed by atoms with E-state index in [4.69, 9.17) is 15.3 Å². The Bertz CT molecular complexity index is 599. The van der Waals surface area contributed by atoms with Crippen LogP contribution < -0.4 is 20.7 Å². The van der Waals surface area contributed by atoms with E-state index in [-0.39, 0.29) is 5.69 Å². The van der Waals surface area contributed by atoms with Gasteiger partial charge in [0.05, 0.1) is 19.3 Å². The number of benzene rings is 1. The predicted molar refractivity (Wildman–Crippen MR) is 74.8 cm³/mol. The van der Waals surface area contributed by atoms with Crippen LogP contribution in [0, 0.1) is 0 Å². The Morgan fingerprint density at radius 1 is 1.33 bits per heavy atom. The van der Waals surface area contributed by atoms with Gasteiger partial charge in [0.15, 0.2) is 17.2 Å². The molecule has 0 bridgehead atoms. The van der Waals surface area contributed by atoms with E-state index in [1.807, 2.05) is 36.6 Å². The van der Waals surface area contributed by atoms with Crippen LogP contribution in [0.4, 0.5) is 0 Å². The summed E-state index contributed by atoms with van der Waals surface area (Å²) in [7, 11) is 0. The highest BCUT2D eigenvalue weighted by atomic mass is 16.5. The molecule has 0 saturated carbocycles. The van der Waals surface area contributed by atoms with Crippen LogP contribution in [0.3, 0.4) is 0 Å². The molecule has 1 amide bonds. The topological polar surface area (TPSA) is 104 Å². The summed E-state index contributed by atoms with van der Waals surface area (Å²) < 4.78 is 12.6. The van der Waals surface area contributed by atoms with Crippen LogP contribution in [0.5, 0.6) is 11.5 Å². The van der Waals surface area contributed by atoms with Crippen LogP contribution in [0.2, 0.25) is 0 Å². The Hall–Kier alpha value is -2.61. The molecule has 0 radical (unpaired) electrons. The van der Waals surface area contributed by atoms with Crippen LogP contribution in [0.25, 0.3) is 0 Å². The maximum Gasteiger partial charge on any atom is 0.287 e. The first-order chi connectivity index (χ1) is 10.2. The summed E-state index contributed by atoms with van der Waals surface area (Å²) >= 11 is 0. The van der Waals surface area contributed by atoms with Gasteiger partial charge in [-0.3, -0.25) is 10.2 Å². The van der Waals surface area contributed by atoms with Gasteiger partial charge in [-0.1, -0.05) is 17.3 Å². The molecular weight excluding hydrogens is 274 g/mol. The average Bonchev–Trinajstić information content (AvgIpc) is 2.97. The molecule has 3 N–H and O–H groups in total. The van der Waals surface area contributed by atoms with E-state index in [2.05, 4.69) is 10.3 Å². The van der Waals surface area contributed by atoms with Gasteiger partial charge >= 0.3 is 0 Å². The third-order valence-electron chi connectivity index (χ3n) is 2.63. The summed E-state index contributed by atoms with van der Waals surface area (Å²) in [6.45, 7) is 3.31. The number of nitrogen functional groups attached to an aromatic ring is 1. The number of hydrogen-bond donors (Lipinski definition) is 2. The van der Waals surface area contributed by atoms with Gasteiger partial charge < -0.3 is 9.47 Å². The lowest BCUT2D eigenvalue weighted by molar-refractivity contribution is 0.0948. The van der Waals surface area contributed by atoms with Crippen LogP contribution >= 0.6 is 0 Å². The maximum atomic E-state index is 11.2. The van der Waals surface area contributed by atoms with Crippen molar-refractivity contribution in [2.45, 2.75) is 13.5 Å². The van der Waals surface area contributed by atoms with Crippen molar-refractivity contribution in [3.8, 4) is 11.5 Å². The fourth-order valence-corrected chi connectivity index (χ4v) is 1.68. The molecule has 1 aromatic heterocycles. The molecule has 0 fully saturated rings. The fraction of sp³-hybridized carbons (Fsp3) is 0.308. The first-order valence-electron chi connectivity index (χ1n) is 6.50. The quantitative estimate of drug-likeness (QED) is 0.433. The van der Waals surface area contributed by atoms with Gasteiger partial charge in [0.25, 0.3) is 5.91 Å². The summed E-state index contributed by atoms with van der Waals surface area (Å²) in [5.74, 6) is 5.90. The minimum absolute atomic E-state index is 0.159. The second-order valence-electron chi connectivity index (χ2n) is 4.07. The van der Waals surface area contributed by atoms with Gasteiger partial charge in [-0.25, -0.2) is 10.5 Å². The van der Waals surface area contributed by atoms with E-state index >= 15 is 0 Å². The normalized spacial score (nSPS) is 10.2. The Kier molecular flexibility index (Phi) is 5.10. The van der Waals surface area contributed by atoms with Crippen LogP contribution in [0.1, 0.15) is 17.4 Å². The number of ether oxygens (including phenoxy) is 2. The number of nitrogens with zero attached hydrogens (tertiary/aromatic N) is 3. The molecule has 0 saturated heterocycles. The molecule has 21 heavy (non-hydrogen) atoms. The molecule has 0 unspecified atom stereocenters. The molecule has 1 aromatic carbocycles. The van der Waals surface area contributed by atoms with Crippen LogP contribution in [0.15, 0.2) is 30.5 Å². The summed E-state index contributed by atoms with van der Waals surface area (Å²) in [4.78, 5) is 11.2. The van der Waals surface area contributed by atoms with Crippen molar-refractivity contribution in [2.24, 2.45) is 5.84 Å². The molecule has 0 aliphatic rings. The molecule has 0 aliphatic heterocycles. The zero-order valence-electron chi connectivity index (χ0n) is 11.7. The smallest absolute Gasteiger partial charge is 0.287 e. The monoisotopic (exact) mass is 291 g/mol. The summed E-state index contributed by atoms with van der Waals surface area (Å²) in [5, 5.41) is 7.51. The number of rotatable bonds is 7. The molecular formula is C13H17N5O3. The van der Waals surface area contributed by atoms with E-state index in [1.165, 1.54) is 10.9 Å². The number of aromatic nitrogens is 3. The molecule has 0 spiro atoms. The van der Waals surface area contributed by atoms with Crippen molar-refractivity contribution in [1.82, 2.24) is 20.4 Å². The van der Waals surface area contributed by atoms with Crippen molar-refractivity contribution < 1.29 is 14.3 Å². The largest absolute Gasteiger partial charge is 0.490 e. The Labute approximate surface area is 121 Å². The number of carbonyl (C=O) groups is 1. The van der Waals surface area contributed by atoms with E-state index in [0.29, 0.717) is 31.3 Å². The van der Waals surface area contributed by atoms with E-state index in [0.717, 1.165) is 0 Å². The number of amides is 1. The summed E-state index contributed by atoms with van der Waals surface area (Å²) in [6.07, 6.45) is 1.50. The number of para-hydroxylation sites is 2. The van der Waals surface area contributed by atoms with E-state index in [1.54, 1.807) is 0 Å². The highest BCUT2D eigenvalue weighted by Crippen LogP contribution is 2.26. The van der Waals surface area contributed by atoms with Crippen LogP contribution in [-0.4, -0.2) is 34.1 Å². The number of nitrogens with two attached hydrogens (primary N) is 1. The lowest BCUT2D eigenvalue weighted by Crippen LogP contribution is -2.30. The average molecular weight is 291 g/mol. The van der Waals surface area contributed by atoms with Gasteiger partial charge in [0, 0.05) is 0 Å². The number of nitrogens with one attached hydrogen (secondary N) is 1. The lowest BCUT2D eigenvalue weighted by atomic mass is 10.3. The zero-order chi connectivity index (χ0) is 15.1. The van der Waals surface area contributed by atoms with Crippen LogP contribution in [-0.2, 0) is 6.54 Å². The van der Waals surface area contributed by atoms with Gasteiger partial charge in [-0.2, -0.15) is 0 Å². The number of hydrogen-bond acceptors (Lipinski definition) is 6. The highest BCUT2D eigenvalue weighted by Gasteiger charge is 2.09. The third kappa shape index (κ3) is 3.93. The lowest BCUT2D eigenvalue weighted by Gasteiger charge is -2.11. The predicted octanol–water partition coefficient (Wildman–Crippen LogP) is 0.359. The minimum atomic E-state index is -0.483. The van der Waals surface area contributed by atoms with Gasteiger partial charge in [-0.05, 0) is 19.1 Å². The Morgan fingerprint density at radius 3 is 2.71 bits per heavy atom. The molecule has 8 heteroatoms. The molecule has 2 aromatic rings. The van der Waals surface area contributed by atoms with Gasteiger partial charge in [-0.15, -0.1) is 5.10 Å². The van der Waals surface area contributed by atoms with Crippen molar-refractivity contribution in [3.63, 3.8) is 0 Å². The fourth-order valence-electron chi connectivity index (χ4n) is 1.68. The van der Waals surface area contributed by atoms with Crippen molar-refractivity contribution >= 4 is 5.91 Å². The first-order valence-corrected chi connectivity index (χ1v) is 6.50. The van der Waals surface area contributed by atoms with Crippen molar-refractivity contribution in [3.05, 3.63) is 36.2 Å². The Morgan fingerprint density at radius 2 is 2.05 bits per heavy atom. The Balaban J connectivity index is 1.89. The molecule has 0 aliphatic carbocycles. The van der Waals surface area contributed by atoms with Crippen molar-refractivity contribution in [1.29, 1.82) is 0 Å². The molecule has 112 valence electrons. The third-order valence-corrected chi connectivity index (χ3v) is 2.63. The van der Waals surface area contributed by atoms with E-state index < -0.39 is 5.91 Å². The second-order valence-corrected chi connectivity index (χ2v) is 4.07. The van der Waals surface area contributed by atoms with Gasteiger partial charge in [0.1, 0.15) is 6.61 Å². The standard InChI is InChI=1S/C13H17N5O3/c1-2-20-11-5-3-4-6-12(11)21-8-7-18-9-10(16-17-18)13(19)15-14/h3-6,9H,2,7-8,14H2,1H3,(H,15,19). The molecule has 1 heterocycles. The first kappa shape index (κ1) is 14.8. The molecule has 0 atom stereocenters. The van der Waals surface area contributed by atoms with Gasteiger partial charge in [0.2, 0.25) is 0 Å². The van der Waals surface area contributed by atoms with Crippen molar-refractivity contribution in [2.75, 3.05) is 13.2 Å². The molecule has 2 rings (SSSR count). The number of hydrazine groups is 1. The SMILES string of the molecule is CCOc1ccccc1OCCn1cc(C(=O)NN)nn1. The molecule has 8 nitrogen and oxygen atoms in total. The van der Waals surface area contributed by atoms with E-state index in [9.17, 15) is 4.79 Å². The summed E-state index contributed by atoms with van der Waals surface area (Å²) in [6, 6.07) is 7.43. The highest BCUT2D eigenvalue weighted by molar-refractivity contribution is 5.91.